The Balaban J connectivity index is 2.21. The van der Waals surface area contributed by atoms with Crippen molar-refractivity contribution < 1.29 is 13.9 Å². The van der Waals surface area contributed by atoms with Gasteiger partial charge >= 0.3 is 12.0 Å². The molecule has 0 fully saturated rings. The van der Waals surface area contributed by atoms with Crippen LogP contribution in [0.5, 0.6) is 17.8 Å². The monoisotopic (exact) mass is 361 g/mol. The van der Waals surface area contributed by atoms with Gasteiger partial charge in [0, 0.05) is 10.5 Å². The van der Waals surface area contributed by atoms with E-state index >= 15 is 0 Å². The zero-order chi connectivity index (χ0) is 14.5. The van der Waals surface area contributed by atoms with E-state index in [4.69, 9.17) is 21.1 Å². The number of halogens is 3. The first kappa shape index (κ1) is 14.9. The highest BCUT2D eigenvalue weighted by Gasteiger charge is 2.09. The SMILES string of the molecule is CCCOc1nc(Cl)nc(Oc2cc(F)cc(Br)c2)n1. The summed E-state index contributed by atoms with van der Waals surface area (Å²) < 4.78 is 24.4. The molecule has 20 heavy (non-hydrogen) atoms. The Labute approximate surface area is 128 Å². The highest BCUT2D eigenvalue weighted by molar-refractivity contribution is 9.10. The van der Waals surface area contributed by atoms with Gasteiger partial charge in [-0.15, -0.1) is 4.98 Å². The number of benzene rings is 1. The molecule has 0 amide bonds. The van der Waals surface area contributed by atoms with Crippen LogP contribution < -0.4 is 9.47 Å². The van der Waals surface area contributed by atoms with E-state index in [0.717, 1.165) is 6.42 Å². The molecule has 2 aromatic rings. The third-order valence-electron chi connectivity index (χ3n) is 2.05. The predicted molar refractivity (Wildman–Crippen MR) is 74.8 cm³/mol. The number of hydrogen-bond acceptors (Lipinski definition) is 5. The molecule has 0 aliphatic heterocycles. The molecule has 1 aromatic heterocycles. The highest BCUT2D eigenvalue weighted by atomic mass is 79.9. The van der Waals surface area contributed by atoms with Gasteiger partial charge in [0.1, 0.15) is 11.6 Å². The summed E-state index contributed by atoms with van der Waals surface area (Å²) in [7, 11) is 0. The van der Waals surface area contributed by atoms with Crippen LogP contribution in [-0.2, 0) is 0 Å². The van der Waals surface area contributed by atoms with Crippen LogP contribution in [0.3, 0.4) is 0 Å². The fourth-order valence-corrected chi connectivity index (χ4v) is 1.90. The van der Waals surface area contributed by atoms with Crippen LogP contribution in [0.2, 0.25) is 5.28 Å². The van der Waals surface area contributed by atoms with Gasteiger partial charge in [-0.1, -0.05) is 22.9 Å². The Kier molecular flexibility index (Phi) is 5.08. The van der Waals surface area contributed by atoms with E-state index in [1.165, 1.54) is 12.1 Å². The van der Waals surface area contributed by atoms with Gasteiger partial charge in [-0.3, -0.25) is 0 Å². The quantitative estimate of drug-likeness (QED) is 0.804. The maximum atomic E-state index is 13.2. The fraction of sp³-hybridized carbons (Fsp3) is 0.250. The van der Waals surface area contributed by atoms with E-state index in [-0.39, 0.29) is 23.1 Å². The normalized spacial score (nSPS) is 10.4. The average molecular weight is 363 g/mol. The van der Waals surface area contributed by atoms with Crippen molar-refractivity contribution in [1.82, 2.24) is 15.0 Å². The lowest BCUT2D eigenvalue weighted by Gasteiger charge is -2.07. The van der Waals surface area contributed by atoms with Crippen molar-refractivity contribution in [3.8, 4) is 17.8 Å². The number of nitrogens with zero attached hydrogens (tertiary/aromatic N) is 3. The Morgan fingerprint density at radius 1 is 1.20 bits per heavy atom. The summed E-state index contributed by atoms with van der Waals surface area (Å²) in [6, 6.07) is 4.09. The topological polar surface area (TPSA) is 57.1 Å². The number of hydrogen-bond donors (Lipinski definition) is 0. The van der Waals surface area contributed by atoms with E-state index < -0.39 is 5.82 Å². The minimum Gasteiger partial charge on any atom is -0.463 e. The number of ether oxygens (including phenoxy) is 2. The molecular formula is C12H10BrClFN3O2. The first-order valence-electron chi connectivity index (χ1n) is 5.75. The molecule has 106 valence electrons. The van der Waals surface area contributed by atoms with Gasteiger partial charge in [0.15, 0.2) is 0 Å². The maximum absolute atomic E-state index is 13.2. The molecule has 0 spiro atoms. The molecule has 0 N–H and O–H groups in total. The maximum Gasteiger partial charge on any atom is 0.329 e. The van der Waals surface area contributed by atoms with Crippen LogP contribution in [0.15, 0.2) is 22.7 Å². The van der Waals surface area contributed by atoms with E-state index in [1.54, 1.807) is 6.07 Å². The van der Waals surface area contributed by atoms with E-state index in [0.29, 0.717) is 11.1 Å². The second-order valence-corrected chi connectivity index (χ2v) is 4.98. The van der Waals surface area contributed by atoms with Gasteiger partial charge in [-0.2, -0.15) is 9.97 Å². The van der Waals surface area contributed by atoms with Gasteiger partial charge < -0.3 is 9.47 Å². The minimum atomic E-state index is -0.447. The largest absolute Gasteiger partial charge is 0.463 e. The first-order valence-corrected chi connectivity index (χ1v) is 6.92. The molecule has 1 heterocycles. The lowest BCUT2D eigenvalue weighted by Crippen LogP contribution is -2.03. The Hall–Kier alpha value is -1.47. The molecule has 0 saturated carbocycles. The Bertz CT molecular complexity index is 595. The lowest BCUT2D eigenvalue weighted by molar-refractivity contribution is 0.284. The van der Waals surface area contributed by atoms with Crippen LogP contribution in [-0.4, -0.2) is 21.6 Å². The molecule has 2 rings (SSSR count). The van der Waals surface area contributed by atoms with E-state index in [2.05, 4.69) is 30.9 Å². The van der Waals surface area contributed by atoms with Crippen LogP contribution in [0.1, 0.15) is 13.3 Å². The number of aromatic nitrogens is 3. The van der Waals surface area contributed by atoms with Crippen molar-refractivity contribution in [2.45, 2.75) is 13.3 Å². The molecule has 0 aliphatic rings. The summed E-state index contributed by atoms with van der Waals surface area (Å²) in [6.45, 7) is 2.40. The van der Waals surface area contributed by atoms with Gasteiger partial charge in [-0.05, 0) is 30.2 Å². The predicted octanol–water partition coefficient (Wildman–Crippen LogP) is 4.01. The van der Waals surface area contributed by atoms with Gasteiger partial charge in [-0.25, -0.2) is 4.39 Å². The summed E-state index contributed by atoms with van der Waals surface area (Å²) in [4.78, 5) is 11.5. The summed E-state index contributed by atoms with van der Waals surface area (Å²) in [5, 5.41) is -0.0587. The van der Waals surface area contributed by atoms with Crippen molar-refractivity contribution in [3.63, 3.8) is 0 Å². The number of rotatable bonds is 5. The van der Waals surface area contributed by atoms with Gasteiger partial charge in [0.2, 0.25) is 5.28 Å². The summed E-state index contributed by atoms with van der Waals surface area (Å²) in [5.41, 5.74) is 0. The van der Waals surface area contributed by atoms with Crippen molar-refractivity contribution in [3.05, 3.63) is 33.8 Å². The van der Waals surface area contributed by atoms with Crippen LogP contribution in [0.25, 0.3) is 0 Å². The molecule has 0 atom stereocenters. The van der Waals surface area contributed by atoms with E-state index in [1.807, 2.05) is 6.92 Å². The zero-order valence-electron chi connectivity index (χ0n) is 10.4. The molecule has 5 nitrogen and oxygen atoms in total. The van der Waals surface area contributed by atoms with Gasteiger partial charge in [0.25, 0.3) is 0 Å². The second-order valence-electron chi connectivity index (χ2n) is 3.73. The van der Waals surface area contributed by atoms with Crippen molar-refractivity contribution in [1.29, 1.82) is 0 Å². The molecule has 8 heteroatoms. The molecule has 0 unspecified atom stereocenters. The average Bonchev–Trinajstić information content (AvgIpc) is 2.34. The summed E-state index contributed by atoms with van der Waals surface area (Å²) >= 11 is 8.92. The highest BCUT2D eigenvalue weighted by Crippen LogP contribution is 2.25. The molecule has 0 bridgehead atoms. The minimum absolute atomic E-state index is 0.0587. The summed E-state index contributed by atoms with van der Waals surface area (Å²) in [6.07, 6.45) is 0.802. The van der Waals surface area contributed by atoms with Crippen molar-refractivity contribution in [2.24, 2.45) is 0 Å². The zero-order valence-corrected chi connectivity index (χ0v) is 12.8. The first-order chi connectivity index (χ1) is 9.56. The fourth-order valence-electron chi connectivity index (χ4n) is 1.31. The Morgan fingerprint density at radius 3 is 2.65 bits per heavy atom. The standard InChI is InChI=1S/C12H10BrClFN3O2/c1-2-3-19-11-16-10(14)17-12(18-11)20-9-5-7(13)4-8(15)6-9/h4-6H,2-3H2,1H3. The molecule has 0 saturated heterocycles. The smallest absolute Gasteiger partial charge is 0.329 e. The van der Waals surface area contributed by atoms with Crippen molar-refractivity contribution >= 4 is 27.5 Å². The second kappa shape index (κ2) is 6.81. The lowest BCUT2D eigenvalue weighted by atomic mass is 10.3. The molecule has 0 radical (unpaired) electrons. The van der Waals surface area contributed by atoms with Crippen LogP contribution in [0, 0.1) is 5.82 Å². The van der Waals surface area contributed by atoms with Gasteiger partial charge in [0.05, 0.1) is 6.61 Å². The molecule has 0 aliphatic carbocycles. The van der Waals surface area contributed by atoms with E-state index in [9.17, 15) is 4.39 Å². The van der Waals surface area contributed by atoms with Crippen molar-refractivity contribution in [2.75, 3.05) is 6.61 Å². The summed E-state index contributed by atoms with van der Waals surface area (Å²) in [5.74, 6) is -0.211. The third-order valence-corrected chi connectivity index (χ3v) is 2.67. The van der Waals surface area contributed by atoms with Crippen LogP contribution >= 0.6 is 27.5 Å². The van der Waals surface area contributed by atoms with Crippen LogP contribution in [0.4, 0.5) is 4.39 Å². The third kappa shape index (κ3) is 4.28. The molecular weight excluding hydrogens is 353 g/mol. The molecule has 1 aromatic carbocycles. The Morgan fingerprint density at radius 2 is 1.95 bits per heavy atom.